The van der Waals surface area contributed by atoms with Gasteiger partial charge in [-0.2, -0.15) is 0 Å². The van der Waals surface area contributed by atoms with Gasteiger partial charge in [0, 0.05) is 5.41 Å². The van der Waals surface area contributed by atoms with Crippen LogP contribution in [0.2, 0.25) is 0 Å². The van der Waals surface area contributed by atoms with Crippen molar-refractivity contribution < 1.29 is 4.74 Å². The predicted octanol–water partition coefficient (Wildman–Crippen LogP) is 4.36. The Bertz CT molecular complexity index is 366. The average molecular weight is 230 g/mol. The lowest BCUT2D eigenvalue weighted by Gasteiger charge is -2.28. The smallest absolute Gasteiger partial charge is 0.0717 e. The van der Waals surface area contributed by atoms with Gasteiger partial charge in [-0.25, -0.2) is 0 Å². The molecule has 1 heteroatoms. The summed E-state index contributed by atoms with van der Waals surface area (Å²) in [6.07, 6.45) is 2.83. The summed E-state index contributed by atoms with van der Waals surface area (Å²) in [6.45, 7) is 13.4. The molecule has 0 aromatic heterocycles. The molecule has 92 valence electrons. The molecule has 0 aliphatic heterocycles. The fourth-order valence-electron chi connectivity index (χ4n) is 1.64. The molecule has 1 nitrogen and oxygen atoms in total. The Hall–Kier alpha value is -1.34. The fraction of sp³-hybridized carbons (Fsp3) is 0.375. The number of rotatable bonds is 7. The van der Waals surface area contributed by atoms with Gasteiger partial charge in [0.1, 0.15) is 0 Å². The third-order valence-corrected chi connectivity index (χ3v) is 3.16. The van der Waals surface area contributed by atoms with Crippen molar-refractivity contribution in [3.8, 4) is 0 Å². The number of hydrogen-bond acceptors (Lipinski definition) is 1. The van der Waals surface area contributed by atoms with Crippen LogP contribution >= 0.6 is 0 Å². The van der Waals surface area contributed by atoms with Gasteiger partial charge in [0.2, 0.25) is 0 Å². The first-order chi connectivity index (χ1) is 8.08. The molecule has 0 N–H and O–H groups in total. The van der Waals surface area contributed by atoms with E-state index in [-0.39, 0.29) is 5.41 Å². The highest BCUT2D eigenvalue weighted by atomic mass is 16.5. The molecule has 0 aliphatic carbocycles. The van der Waals surface area contributed by atoms with Gasteiger partial charge in [0.05, 0.1) is 13.2 Å². The van der Waals surface area contributed by atoms with Crippen LogP contribution in [0.1, 0.15) is 25.8 Å². The lowest BCUT2D eigenvalue weighted by Crippen LogP contribution is -2.23. The minimum absolute atomic E-state index is 0.00344. The van der Waals surface area contributed by atoms with E-state index in [2.05, 4.69) is 39.1 Å². The van der Waals surface area contributed by atoms with E-state index in [1.807, 2.05) is 24.3 Å². The first-order valence-corrected chi connectivity index (χ1v) is 5.97. The first kappa shape index (κ1) is 13.7. The minimum atomic E-state index is -0.00344. The Kier molecular flexibility index (Phi) is 5.17. The van der Waals surface area contributed by atoms with E-state index in [1.54, 1.807) is 0 Å². The van der Waals surface area contributed by atoms with E-state index >= 15 is 0 Å². The third-order valence-electron chi connectivity index (χ3n) is 3.16. The predicted molar refractivity (Wildman–Crippen MR) is 73.8 cm³/mol. The maximum Gasteiger partial charge on any atom is 0.0717 e. The van der Waals surface area contributed by atoms with Crippen LogP contribution in [0.3, 0.4) is 0 Å². The number of ether oxygens (including phenoxy) is 1. The second-order valence-corrected chi connectivity index (χ2v) is 4.81. The Morgan fingerprint density at radius 3 is 2.53 bits per heavy atom. The Morgan fingerprint density at radius 1 is 1.35 bits per heavy atom. The first-order valence-electron chi connectivity index (χ1n) is 5.97. The van der Waals surface area contributed by atoms with Crippen molar-refractivity contribution in [3.05, 3.63) is 60.7 Å². The van der Waals surface area contributed by atoms with Gasteiger partial charge in [-0.3, -0.25) is 0 Å². The van der Waals surface area contributed by atoms with Crippen LogP contribution < -0.4 is 0 Å². The number of allylic oxidation sites excluding steroid dienone is 1. The molecule has 0 spiro atoms. The van der Waals surface area contributed by atoms with Crippen molar-refractivity contribution in [3.63, 3.8) is 0 Å². The van der Waals surface area contributed by atoms with Crippen LogP contribution in [0.25, 0.3) is 0 Å². The lowest BCUT2D eigenvalue weighted by molar-refractivity contribution is 0.0607. The maximum absolute atomic E-state index is 5.79. The molecule has 0 bridgehead atoms. The highest BCUT2D eigenvalue weighted by Gasteiger charge is 2.23. The van der Waals surface area contributed by atoms with Crippen molar-refractivity contribution in [2.24, 2.45) is 5.41 Å². The van der Waals surface area contributed by atoms with E-state index in [0.717, 1.165) is 12.0 Å². The quantitative estimate of drug-likeness (QED) is 0.632. The van der Waals surface area contributed by atoms with E-state index < -0.39 is 0 Å². The van der Waals surface area contributed by atoms with Crippen LogP contribution in [0.15, 0.2) is 55.1 Å². The Labute approximate surface area is 105 Å². The topological polar surface area (TPSA) is 9.23 Å². The van der Waals surface area contributed by atoms with Gasteiger partial charge in [-0.15, -0.1) is 6.58 Å². The molecule has 0 saturated carbocycles. The summed E-state index contributed by atoms with van der Waals surface area (Å²) in [5.41, 5.74) is 2.34. The molecule has 0 aliphatic rings. The van der Waals surface area contributed by atoms with E-state index in [9.17, 15) is 0 Å². The molecule has 17 heavy (non-hydrogen) atoms. The minimum Gasteiger partial charge on any atom is -0.376 e. The van der Waals surface area contributed by atoms with Crippen molar-refractivity contribution in [1.82, 2.24) is 0 Å². The molecular formula is C16H22O. The van der Waals surface area contributed by atoms with Gasteiger partial charge in [0.15, 0.2) is 0 Å². The fourth-order valence-corrected chi connectivity index (χ4v) is 1.64. The Morgan fingerprint density at radius 2 is 2.00 bits per heavy atom. The normalized spacial score (nSPS) is 14.0. The van der Waals surface area contributed by atoms with E-state index in [1.165, 1.54) is 5.56 Å². The van der Waals surface area contributed by atoms with Crippen molar-refractivity contribution >= 4 is 0 Å². The highest BCUT2D eigenvalue weighted by molar-refractivity contribution is 5.13. The van der Waals surface area contributed by atoms with Gasteiger partial charge in [-0.1, -0.05) is 55.5 Å². The standard InChI is InChI=1S/C16H22O/c1-5-11-16(4,14(2)3)13-17-12-15-9-7-6-8-10-15/h5-10H,1-2,11-13H2,3-4H3. The number of benzene rings is 1. The summed E-state index contributed by atoms with van der Waals surface area (Å²) in [6, 6.07) is 10.2. The van der Waals surface area contributed by atoms with Crippen molar-refractivity contribution in [2.45, 2.75) is 26.9 Å². The monoisotopic (exact) mass is 230 g/mol. The van der Waals surface area contributed by atoms with Crippen LogP contribution in [0.5, 0.6) is 0 Å². The lowest BCUT2D eigenvalue weighted by atomic mass is 9.81. The second-order valence-electron chi connectivity index (χ2n) is 4.81. The summed E-state index contributed by atoms with van der Waals surface area (Å²) in [5, 5.41) is 0. The largest absolute Gasteiger partial charge is 0.376 e. The van der Waals surface area contributed by atoms with Crippen molar-refractivity contribution in [2.75, 3.05) is 6.61 Å². The summed E-state index contributed by atoms with van der Waals surface area (Å²) >= 11 is 0. The molecule has 1 aromatic carbocycles. The molecule has 0 radical (unpaired) electrons. The Balaban J connectivity index is 2.48. The molecule has 0 heterocycles. The molecule has 1 unspecified atom stereocenters. The van der Waals surface area contributed by atoms with Gasteiger partial charge >= 0.3 is 0 Å². The highest BCUT2D eigenvalue weighted by Crippen LogP contribution is 2.30. The van der Waals surface area contributed by atoms with Gasteiger partial charge in [-0.05, 0) is 18.9 Å². The third kappa shape index (κ3) is 4.20. The molecule has 1 aromatic rings. The van der Waals surface area contributed by atoms with Crippen LogP contribution in [-0.2, 0) is 11.3 Å². The number of hydrogen-bond donors (Lipinski definition) is 0. The molecule has 1 atom stereocenters. The second kappa shape index (κ2) is 6.41. The zero-order valence-corrected chi connectivity index (χ0v) is 10.9. The summed E-state index contributed by atoms with van der Waals surface area (Å²) in [4.78, 5) is 0. The maximum atomic E-state index is 5.79. The van der Waals surface area contributed by atoms with Gasteiger partial charge in [0.25, 0.3) is 0 Å². The zero-order valence-electron chi connectivity index (χ0n) is 10.9. The molecular weight excluding hydrogens is 208 g/mol. The van der Waals surface area contributed by atoms with E-state index in [0.29, 0.717) is 13.2 Å². The summed E-state index contributed by atoms with van der Waals surface area (Å²) < 4.78 is 5.79. The molecule has 1 rings (SSSR count). The SMILES string of the molecule is C=CCC(C)(COCc1ccccc1)C(=C)C. The molecule has 0 amide bonds. The van der Waals surface area contributed by atoms with Crippen LogP contribution in [0, 0.1) is 5.41 Å². The summed E-state index contributed by atoms with van der Waals surface area (Å²) in [7, 11) is 0. The van der Waals surface area contributed by atoms with E-state index in [4.69, 9.17) is 4.74 Å². The van der Waals surface area contributed by atoms with Crippen LogP contribution in [-0.4, -0.2) is 6.61 Å². The molecule has 0 saturated heterocycles. The van der Waals surface area contributed by atoms with Crippen LogP contribution in [0.4, 0.5) is 0 Å². The average Bonchev–Trinajstić information content (AvgIpc) is 2.30. The van der Waals surface area contributed by atoms with Gasteiger partial charge < -0.3 is 4.74 Å². The zero-order chi connectivity index (χ0) is 12.7. The molecule has 0 fully saturated rings. The summed E-state index contributed by atoms with van der Waals surface area (Å²) in [5.74, 6) is 0. The van der Waals surface area contributed by atoms with Crippen molar-refractivity contribution in [1.29, 1.82) is 0 Å².